The van der Waals surface area contributed by atoms with Crippen molar-refractivity contribution >= 4 is 90.9 Å². The molecule has 11 rings (SSSR count). The summed E-state index contributed by atoms with van der Waals surface area (Å²) in [7, 11) is 0. The standard InChI is InChI=1S/C52H33NS2/c1-2-12-35(13-3-1)43-26-23-40(38-22-21-34-11-4-5-14-36(34)29-38)32-48(43)53(42-25-28-52-47(33-42)45-18-7-9-20-50(45)55-52)41-16-10-15-37(30-41)39-24-27-51-46(31-39)44-17-6-8-19-49(44)54-51/h1-33H. The second-order valence-electron chi connectivity index (χ2n) is 14.1. The molecule has 1 nitrogen and oxygen atoms in total. The number of nitrogens with zero attached hydrogens (tertiary/aromatic N) is 1. The van der Waals surface area contributed by atoms with Crippen LogP contribution in [0.1, 0.15) is 0 Å². The minimum Gasteiger partial charge on any atom is -0.310 e. The van der Waals surface area contributed by atoms with Crippen molar-refractivity contribution < 1.29 is 0 Å². The van der Waals surface area contributed by atoms with Gasteiger partial charge in [0.2, 0.25) is 0 Å². The van der Waals surface area contributed by atoms with Crippen LogP contribution in [-0.4, -0.2) is 0 Å². The number of thiophene rings is 2. The number of anilines is 3. The molecule has 3 heteroatoms. The van der Waals surface area contributed by atoms with Crippen LogP contribution < -0.4 is 4.90 Å². The molecule has 0 bridgehead atoms. The molecular formula is C52H33NS2. The molecule has 0 aliphatic carbocycles. The molecule has 0 saturated carbocycles. The molecular weight excluding hydrogens is 703 g/mol. The van der Waals surface area contributed by atoms with Gasteiger partial charge in [-0.1, -0.05) is 133 Å². The van der Waals surface area contributed by atoms with Gasteiger partial charge in [0.15, 0.2) is 0 Å². The van der Waals surface area contributed by atoms with Crippen molar-refractivity contribution in [3.05, 3.63) is 200 Å². The summed E-state index contributed by atoms with van der Waals surface area (Å²) >= 11 is 3.72. The first-order valence-electron chi connectivity index (χ1n) is 18.7. The van der Waals surface area contributed by atoms with Gasteiger partial charge >= 0.3 is 0 Å². The Labute approximate surface area is 327 Å². The van der Waals surface area contributed by atoms with Crippen LogP contribution in [0.3, 0.4) is 0 Å². The number of hydrogen-bond donors (Lipinski definition) is 0. The highest BCUT2D eigenvalue weighted by Gasteiger charge is 2.21. The summed E-state index contributed by atoms with van der Waals surface area (Å²) in [6.45, 7) is 0. The molecule has 0 aliphatic rings. The van der Waals surface area contributed by atoms with E-state index in [0.29, 0.717) is 0 Å². The first-order valence-corrected chi connectivity index (χ1v) is 20.3. The quantitative estimate of drug-likeness (QED) is 0.164. The Balaban J connectivity index is 1.15. The number of benzene rings is 9. The molecule has 0 saturated heterocycles. The molecule has 258 valence electrons. The van der Waals surface area contributed by atoms with Crippen LogP contribution in [-0.2, 0) is 0 Å². The smallest absolute Gasteiger partial charge is 0.0546 e. The maximum absolute atomic E-state index is 2.47. The summed E-state index contributed by atoms with van der Waals surface area (Å²) in [6, 6.07) is 73.7. The van der Waals surface area contributed by atoms with Crippen molar-refractivity contribution in [1.82, 2.24) is 0 Å². The maximum atomic E-state index is 2.47. The molecule has 2 heterocycles. The van der Waals surface area contributed by atoms with Crippen molar-refractivity contribution in [3.8, 4) is 33.4 Å². The zero-order valence-electron chi connectivity index (χ0n) is 29.8. The van der Waals surface area contributed by atoms with Gasteiger partial charge in [0.1, 0.15) is 0 Å². The fraction of sp³-hybridized carbons (Fsp3) is 0. The molecule has 0 aliphatic heterocycles. The van der Waals surface area contributed by atoms with Gasteiger partial charge in [0.25, 0.3) is 0 Å². The molecule has 0 fully saturated rings. The monoisotopic (exact) mass is 735 g/mol. The van der Waals surface area contributed by atoms with Crippen molar-refractivity contribution in [2.75, 3.05) is 4.90 Å². The van der Waals surface area contributed by atoms with Gasteiger partial charge in [-0.15, -0.1) is 22.7 Å². The molecule has 0 amide bonds. The highest BCUT2D eigenvalue weighted by Crippen LogP contribution is 2.46. The van der Waals surface area contributed by atoms with Gasteiger partial charge in [0, 0.05) is 57.3 Å². The van der Waals surface area contributed by atoms with Gasteiger partial charge < -0.3 is 4.90 Å². The zero-order chi connectivity index (χ0) is 36.3. The number of hydrogen-bond acceptors (Lipinski definition) is 3. The average molecular weight is 736 g/mol. The summed E-state index contributed by atoms with van der Waals surface area (Å²) in [5, 5.41) is 7.68. The van der Waals surface area contributed by atoms with Crippen LogP contribution in [0.25, 0.3) is 84.5 Å². The van der Waals surface area contributed by atoms with Crippen molar-refractivity contribution in [3.63, 3.8) is 0 Å². The third-order valence-corrected chi connectivity index (χ3v) is 13.1. The van der Waals surface area contributed by atoms with E-state index in [1.165, 1.54) is 84.5 Å². The molecule has 11 aromatic rings. The van der Waals surface area contributed by atoms with E-state index in [2.05, 4.69) is 205 Å². The maximum Gasteiger partial charge on any atom is 0.0546 e. The van der Waals surface area contributed by atoms with E-state index < -0.39 is 0 Å². The van der Waals surface area contributed by atoms with E-state index in [-0.39, 0.29) is 0 Å². The van der Waals surface area contributed by atoms with Gasteiger partial charge in [-0.25, -0.2) is 0 Å². The Kier molecular flexibility index (Phi) is 7.61. The SMILES string of the molecule is c1ccc(-c2ccc(-c3ccc4ccccc4c3)cc2N(c2cccc(-c3ccc4sc5ccccc5c4c3)c2)c2ccc3sc4ccccc4c3c2)cc1. The molecule has 0 unspecified atom stereocenters. The molecule has 2 aromatic heterocycles. The predicted molar refractivity (Wildman–Crippen MR) is 241 cm³/mol. The highest BCUT2D eigenvalue weighted by atomic mass is 32.1. The van der Waals surface area contributed by atoms with Gasteiger partial charge in [0.05, 0.1) is 5.69 Å². The van der Waals surface area contributed by atoms with E-state index in [4.69, 9.17) is 0 Å². The van der Waals surface area contributed by atoms with Crippen molar-refractivity contribution in [2.45, 2.75) is 0 Å². The minimum absolute atomic E-state index is 1.11. The third kappa shape index (κ3) is 5.60. The summed E-state index contributed by atoms with van der Waals surface area (Å²) in [4.78, 5) is 2.47. The Morgan fingerprint density at radius 1 is 0.291 bits per heavy atom. The van der Waals surface area contributed by atoms with Crippen molar-refractivity contribution in [1.29, 1.82) is 0 Å². The van der Waals surface area contributed by atoms with Crippen LogP contribution in [0.5, 0.6) is 0 Å². The normalized spacial score (nSPS) is 11.6. The Morgan fingerprint density at radius 3 is 1.64 bits per heavy atom. The molecule has 0 N–H and O–H groups in total. The molecule has 0 radical (unpaired) electrons. The minimum atomic E-state index is 1.11. The lowest BCUT2D eigenvalue weighted by molar-refractivity contribution is 1.29. The second-order valence-corrected chi connectivity index (χ2v) is 16.3. The summed E-state index contributed by atoms with van der Waals surface area (Å²) in [6.07, 6.45) is 0. The largest absolute Gasteiger partial charge is 0.310 e. The van der Waals surface area contributed by atoms with Crippen LogP contribution >= 0.6 is 22.7 Å². The highest BCUT2D eigenvalue weighted by molar-refractivity contribution is 7.26. The zero-order valence-corrected chi connectivity index (χ0v) is 31.4. The second kappa shape index (κ2) is 13.1. The van der Waals surface area contributed by atoms with E-state index in [1.807, 2.05) is 22.7 Å². The third-order valence-electron chi connectivity index (χ3n) is 10.8. The van der Waals surface area contributed by atoms with E-state index >= 15 is 0 Å². The van der Waals surface area contributed by atoms with Gasteiger partial charge in [-0.2, -0.15) is 0 Å². The van der Waals surface area contributed by atoms with Crippen molar-refractivity contribution in [2.24, 2.45) is 0 Å². The first kappa shape index (κ1) is 32.0. The summed E-state index contributed by atoms with van der Waals surface area (Å²) in [5.41, 5.74) is 10.5. The molecule has 9 aromatic carbocycles. The topological polar surface area (TPSA) is 3.24 Å². The Bertz CT molecular complexity index is 3220. The summed E-state index contributed by atoms with van der Waals surface area (Å²) < 4.78 is 5.24. The first-order chi connectivity index (χ1) is 27.2. The van der Waals surface area contributed by atoms with E-state index in [1.54, 1.807) is 0 Å². The predicted octanol–water partition coefficient (Wildman–Crippen LogP) is 16.0. The molecule has 0 spiro atoms. The lowest BCUT2D eigenvalue weighted by Crippen LogP contribution is -2.11. The fourth-order valence-corrected chi connectivity index (χ4v) is 10.3. The summed E-state index contributed by atoms with van der Waals surface area (Å²) in [5.74, 6) is 0. The number of rotatable bonds is 6. The lowest BCUT2D eigenvalue weighted by atomic mass is 9.95. The van der Waals surface area contributed by atoms with Crippen LogP contribution in [0, 0.1) is 0 Å². The average Bonchev–Trinajstić information content (AvgIpc) is 3.82. The molecule has 0 atom stereocenters. The van der Waals surface area contributed by atoms with E-state index in [9.17, 15) is 0 Å². The van der Waals surface area contributed by atoms with Gasteiger partial charge in [-0.05, 0) is 105 Å². The number of fused-ring (bicyclic) bond motifs is 7. The lowest BCUT2D eigenvalue weighted by Gasteiger charge is -2.29. The Morgan fingerprint density at radius 2 is 0.836 bits per heavy atom. The van der Waals surface area contributed by atoms with Crippen LogP contribution in [0.2, 0.25) is 0 Å². The van der Waals surface area contributed by atoms with Crippen LogP contribution in [0.15, 0.2) is 200 Å². The molecule has 55 heavy (non-hydrogen) atoms. The van der Waals surface area contributed by atoms with E-state index in [0.717, 1.165) is 17.1 Å². The fourth-order valence-electron chi connectivity index (χ4n) is 8.14. The Hall–Kier alpha value is -6.52. The van der Waals surface area contributed by atoms with Crippen LogP contribution in [0.4, 0.5) is 17.1 Å². The van der Waals surface area contributed by atoms with Gasteiger partial charge in [-0.3, -0.25) is 0 Å².